The Balaban J connectivity index is 2.63. The minimum Gasteiger partial charge on any atom is -0.491 e. The van der Waals surface area contributed by atoms with E-state index >= 15 is 0 Å². The number of hydrogen-bond acceptors (Lipinski definition) is 1. The van der Waals surface area contributed by atoms with E-state index in [-0.39, 0.29) is 6.10 Å². The Bertz CT molecular complexity index is 303. The molecule has 2 heteroatoms. The van der Waals surface area contributed by atoms with Crippen LogP contribution in [-0.4, -0.2) is 6.10 Å². The van der Waals surface area contributed by atoms with Crippen molar-refractivity contribution in [1.29, 1.82) is 0 Å². The van der Waals surface area contributed by atoms with Gasteiger partial charge in [0.25, 0.3) is 0 Å². The molecule has 0 heterocycles. The number of rotatable bonds is 5. The summed E-state index contributed by atoms with van der Waals surface area (Å²) in [5.41, 5.74) is 1.32. The van der Waals surface area contributed by atoms with Crippen LogP contribution >= 0.6 is 15.9 Å². The molecular weight excluding hydrogens is 264 g/mol. The van der Waals surface area contributed by atoms with Gasteiger partial charge in [0.1, 0.15) is 5.75 Å². The van der Waals surface area contributed by atoms with Gasteiger partial charge in [-0.05, 0) is 43.9 Å². The van der Waals surface area contributed by atoms with E-state index in [1.807, 2.05) is 26.0 Å². The van der Waals surface area contributed by atoms with Crippen molar-refractivity contribution in [2.24, 2.45) is 5.92 Å². The van der Waals surface area contributed by atoms with Gasteiger partial charge >= 0.3 is 0 Å². The molecular formula is C14H21BrO. The first-order valence-electron chi connectivity index (χ1n) is 5.89. The summed E-state index contributed by atoms with van der Waals surface area (Å²) in [5, 5.41) is 0. The fourth-order valence-electron chi connectivity index (χ4n) is 1.58. The average Bonchev–Trinajstić information content (AvgIpc) is 2.16. The number of halogens is 1. The molecule has 0 saturated carbocycles. The van der Waals surface area contributed by atoms with E-state index < -0.39 is 0 Å². The van der Waals surface area contributed by atoms with Crippen LogP contribution in [0, 0.1) is 5.92 Å². The molecule has 0 aliphatic rings. The van der Waals surface area contributed by atoms with Crippen molar-refractivity contribution < 1.29 is 4.74 Å². The lowest BCUT2D eigenvalue weighted by Gasteiger charge is -2.14. The highest BCUT2D eigenvalue weighted by Crippen LogP contribution is 2.30. The van der Waals surface area contributed by atoms with Gasteiger partial charge in [-0.1, -0.05) is 41.9 Å². The van der Waals surface area contributed by atoms with Gasteiger partial charge in [0.05, 0.1) is 6.10 Å². The van der Waals surface area contributed by atoms with Crippen LogP contribution in [-0.2, 0) is 0 Å². The maximum absolute atomic E-state index is 5.61. The van der Waals surface area contributed by atoms with Crippen molar-refractivity contribution in [2.45, 2.75) is 45.0 Å². The molecule has 90 valence electrons. The Morgan fingerprint density at radius 1 is 1.06 bits per heavy atom. The van der Waals surface area contributed by atoms with E-state index in [4.69, 9.17) is 4.74 Å². The summed E-state index contributed by atoms with van der Waals surface area (Å²) in [6.45, 7) is 8.56. The zero-order chi connectivity index (χ0) is 12.1. The third-order valence-electron chi connectivity index (χ3n) is 2.29. The number of hydrogen-bond donors (Lipinski definition) is 0. The lowest BCUT2D eigenvalue weighted by Crippen LogP contribution is -2.05. The molecule has 0 amide bonds. The number of ether oxygens (including phenoxy) is 1. The van der Waals surface area contributed by atoms with Gasteiger partial charge in [0.2, 0.25) is 0 Å². The average molecular weight is 285 g/mol. The Morgan fingerprint density at radius 3 is 2.06 bits per heavy atom. The fourth-order valence-corrected chi connectivity index (χ4v) is 2.63. The van der Waals surface area contributed by atoms with Crippen LogP contribution in [0.2, 0.25) is 0 Å². The molecule has 0 aliphatic carbocycles. The Labute approximate surface area is 107 Å². The van der Waals surface area contributed by atoms with Gasteiger partial charge in [-0.15, -0.1) is 0 Å². The minimum atomic E-state index is 0.237. The van der Waals surface area contributed by atoms with Gasteiger partial charge in [0.15, 0.2) is 0 Å². The Hall–Kier alpha value is -0.500. The summed E-state index contributed by atoms with van der Waals surface area (Å²) in [6, 6.07) is 8.37. The number of benzene rings is 1. The second-order valence-electron chi connectivity index (χ2n) is 4.83. The second-order valence-corrected chi connectivity index (χ2v) is 5.94. The highest BCUT2D eigenvalue weighted by atomic mass is 79.9. The first-order chi connectivity index (χ1) is 7.49. The molecule has 16 heavy (non-hydrogen) atoms. The molecule has 1 nitrogen and oxygen atoms in total. The van der Waals surface area contributed by atoms with Crippen LogP contribution in [0.3, 0.4) is 0 Å². The molecule has 1 unspecified atom stereocenters. The van der Waals surface area contributed by atoms with Crippen LogP contribution in [0.25, 0.3) is 0 Å². The van der Waals surface area contributed by atoms with Crippen LogP contribution in [0.4, 0.5) is 0 Å². The summed E-state index contributed by atoms with van der Waals surface area (Å²) in [6.07, 6.45) is 1.39. The van der Waals surface area contributed by atoms with Gasteiger partial charge < -0.3 is 4.74 Å². The summed E-state index contributed by atoms with van der Waals surface area (Å²) >= 11 is 3.72. The third kappa shape index (κ3) is 4.56. The van der Waals surface area contributed by atoms with Crippen molar-refractivity contribution in [3.8, 4) is 5.75 Å². The van der Waals surface area contributed by atoms with Crippen molar-refractivity contribution in [1.82, 2.24) is 0 Å². The zero-order valence-corrected chi connectivity index (χ0v) is 12.1. The quantitative estimate of drug-likeness (QED) is 0.695. The van der Waals surface area contributed by atoms with E-state index in [0.717, 1.165) is 12.2 Å². The summed E-state index contributed by atoms with van der Waals surface area (Å²) in [5.74, 6) is 1.65. The Morgan fingerprint density at radius 2 is 1.62 bits per heavy atom. The molecule has 0 N–H and O–H groups in total. The lowest BCUT2D eigenvalue weighted by molar-refractivity contribution is 0.242. The Kier molecular flexibility index (Phi) is 5.33. The van der Waals surface area contributed by atoms with E-state index in [0.29, 0.717) is 10.7 Å². The van der Waals surface area contributed by atoms with E-state index in [9.17, 15) is 0 Å². The maximum Gasteiger partial charge on any atom is 0.119 e. The molecule has 0 spiro atoms. The smallest absolute Gasteiger partial charge is 0.119 e. The first-order valence-corrected chi connectivity index (χ1v) is 6.81. The predicted molar refractivity (Wildman–Crippen MR) is 73.3 cm³/mol. The zero-order valence-electron chi connectivity index (χ0n) is 10.5. The monoisotopic (exact) mass is 284 g/mol. The molecule has 0 radical (unpaired) electrons. The molecule has 0 aromatic heterocycles. The normalized spacial score (nSPS) is 13.2. The summed E-state index contributed by atoms with van der Waals surface area (Å²) < 4.78 is 5.61. The van der Waals surface area contributed by atoms with Crippen molar-refractivity contribution in [2.75, 3.05) is 0 Å². The highest BCUT2D eigenvalue weighted by Gasteiger charge is 2.09. The summed E-state index contributed by atoms with van der Waals surface area (Å²) in [4.78, 5) is 0.445. The van der Waals surface area contributed by atoms with Crippen molar-refractivity contribution in [3.63, 3.8) is 0 Å². The van der Waals surface area contributed by atoms with Crippen molar-refractivity contribution in [3.05, 3.63) is 29.8 Å². The SMILES string of the molecule is CC(C)CC(Br)c1ccc(OC(C)C)cc1. The molecule has 1 atom stereocenters. The summed E-state index contributed by atoms with van der Waals surface area (Å²) in [7, 11) is 0. The van der Waals surface area contributed by atoms with Crippen LogP contribution in [0.15, 0.2) is 24.3 Å². The van der Waals surface area contributed by atoms with Gasteiger partial charge in [-0.3, -0.25) is 0 Å². The molecule has 0 saturated heterocycles. The van der Waals surface area contributed by atoms with Crippen LogP contribution in [0.5, 0.6) is 5.75 Å². The molecule has 1 aromatic carbocycles. The molecule has 1 rings (SSSR count). The molecule has 0 bridgehead atoms. The van der Waals surface area contributed by atoms with Gasteiger partial charge in [0, 0.05) is 4.83 Å². The topological polar surface area (TPSA) is 9.23 Å². The van der Waals surface area contributed by atoms with E-state index in [1.54, 1.807) is 0 Å². The van der Waals surface area contributed by atoms with Crippen LogP contribution in [0.1, 0.15) is 44.5 Å². The van der Waals surface area contributed by atoms with Gasteiger partial charge in [-0.25, -0.2) is 0 Å². The number of alkyl halides is 1. The molecule has 0 aliphatic heterocycles. The molecule has 1 aromatic rings. The van der Waals surface area contributed by atoms with E-state index in [2.05, 4.69) is 41.9 Å². The highest BCUT2D eigenvalue weighted by molar-refractivity contribution is 9.09. The first kappa shape index (κ1) is 13.6. The minimum absolute atomic E-state index is 0.237. The molecule has 0 fully saturated rings. The lowest BCUT2D eigenvalue weighted by atomic mass is 10.0. The largest absolute Gasteiger partial charge is 0.491 e. The van der Waals surface area contributed by atoms with E-state index in [1.165, 1.54) is 5.56 Å². The predicted octanol–water partition coefficient (Wildman–Crippen LogP) is 4.96. The van der Waals surface area contributed by atoms with Crippen molar-refractivity contribution >= 4 is 15.9 Å². The second kappa shape index (κ2) is 6.29. The van der Waals surface area contributed by atoms with Gasteiger partial charge in [-0.2, -0.15) is 0 Å². The third-order valence-corrected chi connectivity index (χ3v) is 3.19. The standard InChI is InChI=1S/C14H21BrO/c1-10(2)9-14(15)12-5-7-13(8-6-12)16-11(3)4/h5-8,10-11,14H,9H2,1-4H3. The maximum atomic E-state index is 5.61. The van der Waals surface area contributed by atoms with Crippen LogP contribution < -0.4 is 4.74 Å². The fraction of sp³-hybridized carbons (Fsp3) is 0.571.